The monoisotopic (exact) mass is 572 g/mol. The average molecular weight is 573 g/mol. The van der Waals surface area contributed by atoms with Gasteiger partial charge in [-0.3, -0.25) is 24.0 Å². The van der Waals surface area contributed by atoms with Crippen molar-refractivity contribution in [2.75, 3.05) is 34.7 Å². The fraction of sp³-hybridized carbons (Fsp3) is 0.231. The van der Waals surface area contributed by atoms with Crippen LogP contribution in [0.15, 0.2) is 65.6 Å². The van der Waals surface area contributed by atoms with Crippen molar-refractivity contribution in [3.05, 3.63) is 81.4 Å². The van der Waals surface area contributed by atoms with Gasteiger partial charge >= 0.3 is 0 Å². The molecule has 13 heteroatoms. The van der Waals surface area contributed by atoms with Crippen LogP contribution in [0.5, 0.6) is 5.75 Å². The molecule has 1 heterocycles. The Kier molecular flexibility index (Phi) is 8.07. The van der Waals surface area contributed by atoms with E-state index in [2.05, 4.69) is 5.32 Å². The van der Waals surface area contributed by atoms with Gasteiger partial charge in [-0.2, -0.15) is 0 Å². The van der Waals surface area contributed by atoms with E-state index < -0.39 is 27.4 Å². The van der Waals surface area contributed by atoms with Crippen LogP contribution in [0, 0.1) is 17.0 Å². The number of sulfonamides is 1. The zero-order valence-corrected chi connectivity index (χ0v) is 22.7. The summed E-state index contributed by atoms with van der Waals surface area (Å²) in [6.07, 6.45) is 1.26. The van der Waals surface area contributed by atoms with Gasteiger partial charge in [-0.25, -0.2) is 8.42 Å². The second-order valence-electron chi connectivity index (χ2n) is 8.78. The van der Waals surface area contributed by atoms with Gasteiger partial charge in [-0.15, -0.1) is 0 Å². The molecule has 1 aliphatic heterocycles. The molecule has 0 spiro atoms. The van der Waals surface area contributed by atoms with Gasteiger partial charge in [0.1, 0.15) is 12.3 Å². The molecule has 0 unspecified atom stereocenters. The Morgan fingerprint density at radius 2 is 1.87 bits per heavy atom. The van der Waals surface area contributed by atoms with Crippen molar-refractivity contribution in [3.63, 3.8) is 0 Å². The third kappa shape index (κ3) is 5.96. The average Bonchev–Trinajstić information content (AvgIpc) is 3.33. The first-order chi connectivity index (χ1) is 18.5. The van der Waals surface area contributed by atoms with Crippen molar-refractivity contribution < 1.29 is 27.7 Å². The molecule has 1 fully saturated rings. The van der Waals surface area contributed by atoms with E-state index in [1.165, 1.54) is 44.4 Å². The number of nitro benzene ring substituents is 1. The van der Waals surface area contributed by atoms with E-state index in [-0.39, 0.29) is 38.5 Å². The number of carbonyl (C=O) groups is 2. The Morgan fingerprint density at radius 1 is 1.15 bits per heavy atom. The molecule has 2 amide bonds. The van der Waals surface area contributed by atoms with Crippen LogP contribution in [0.25, 0.3) is 0 Å². The number of nitrogens with zero attached hydrogens (tertiary/aromatic N) is 3. The molecule has 0 bridgehead atoms. The minimum atomic E-state index is -4.50. The summed E-state index contributed by atoms with van der Waals surface area (Å²) in [5.41, 5.74) is 0.963. The van der Waals surface area contributed by atoms with Crippen molar-refractivity contribution in [3.8, 4) is 5.75 Å². The van der Waals surface area contributed by atoms with E-state index in [1.807, 2.05) is 0 Å². The third-order valence-electron chi connectivity index (χ3n) is 6.20. The Hall–Kier alpha value is -4.16. The van der Waals surface area contributed by atoms with Gasteiger partial charge in [0, 0.05) is 41.0 Å². The first-order valence-electron chi connectivity index (χ1n) is 11.8. The topological polar surface area (TPSA) is 139 Å². The van der Waals surface area contributed by atoms with Crippen molar-refractivity contribution in [2.45, 2.75) is 24.7 Å². The molecule has 0 atom stereocenters. The largest absolute Gasteiger partial charge is 0.495 e. The maximum absolute atomic E-state index is 13.8. The lowest BCUT2D eigenvalue weighted by Gasteiger charge is -2.26. The summed E-state index contributed by atoms with van der Waals surface area (Å²) in [6.45, 7) is 1.42. The quantitative estimate of drug-likeness (QED) is 0.293. The molecule has 1 saturated heterocycles. The fourth-order valence-corrected chi connectivity index (χ4v) is 5.82. The van der Waals surface area contributed by atoms with Crippen LogP contribution in [0.1, 0.15) is 18.4 Å². The summed E-state index contributed by atoms with van der Waals surface area (Å²) in [6, 6.07) is 14.4. The van der Waals surface area contributed by atoms with Crippen molar-refractivity contribution in [1.82, 2.24) is 0 Å². The zero-order chi connectivity index (χ0) is 28.3. The Morgan fingerprint density at radius 3 is 2.49 bits per heavy atom. The van der Waals surface area contributed by atoms with Crippen molar-refractivity contribution in [1.29, 1.82) is 0 Å². The minimum absolute atomic E-state index is 0.0220. The molecule has 0 saturated carbocycles. The highest BCUT2D eigenvalue weighted by Gasteiger charge is 2.31. The normalized spacial score (nSPS) is 13.3. The lowest BCUT2D eigenvalue weighted by atomic mass is 10.2. The van der Waals surface area contributed by atoms with E-state index in [4.69, 9.17) is 16.3 Å². The van der Waals surface area contributed by atoms with Gasteiger partial charge < -0.3 is 15.0 Å². The molecular weight excluding hydrogens is 548 g/mol. The molecule has 3 aromatic rings. The number of ether oxygens (including phenoxy) is 1. The summed E-state index contributed by atoms with van der Waals surface area (Å²) in [7, 11) is -3.17. The van der Waals surface area contributed by atoms with Crippen LogP contribution in [0.4, 0.5) is 22.7 Å². The van der Waals surface area contributed by atoms with Crippen LogP contribution in [-0.4, -0.2) is 45.4 Å². The van der Waals surface area contributed by atoms with Crippen LogP contribution >= 0.6 is 11.6 Å². The van der Waals surface area contributed by atoms with Crippen molar-refractivity contribution in [2.24, 2.45) is 0 Å². The van der Waals surface area contributed by atoms with Crippen LogP contribution in [0.3, 0.4) is 0 Å². The number of hydrogen-bond donors (Lipinski definition) is 1. The predicted molar refractivity (Wildman–Crippen MR) is 147 cm³/mol. The zero-order valence-electron chi connectivity index (χ0n) is 21.1. The van der Waals surface area contributed by atoms with E-state index >= 15 is 0 Å². The summed E-state index contributed by atoms with van der Waals surface area (Å²) in [5.74, 6) is -0.538. The standard InChI is InChI=1S/C26H25ClN4O7S/c1-17-5-11-21(15-22(17)31(34)35)39(36,37)30(23-14-18(27)6-12-24(23)38-2)16-25(32)28-19-7-9-20(10-8-19)29-13-3-4-26(29)33/h5-12,14-15H,3-4,13,16H2,1-2H3,(H,28,32). The Balaban J connectivity index is 1.67. The molecule has 1 aliphatic rings. The highest BCUT2D eigenvalue weighted by molar-refractivity contribution is 7.92. The summed E-state index contributed by atoms with van der Waals surface area (Å²) in [4.78, 5) is 37.2. The number of carbonyl (C=O) groups excluding carboxylic acids is 2. The minimum Gasteiger partial charge on any atom is -0.495 e. The number of anilines is 3. The van der Waals surface area contributed by atoms with Gasteiger partial charge in [0.25, 0.3) is 15.7 Å². The molecule has 0 radical (unpaired) electrons. The van der Waals surface area contributed by atoms with E-state index in [1.54, 1.807) is 29.2 Å². The van der Waals surface area contributed by atoms with E-state index in [0.717, 1.165) is 16.8 Å². The molecule has 3 aromatic carbocycles. The van der Waals surface area contributed by atoms with Gasteiger partial charge in [-0.05, 0) is 61.9 Å². The van der Waals surface area contributed by atoms with Crippen molar-refractivity contribution >= 4 is 56.2 Å². The lowest BCUT2D eigenvalue weighted by molar-refractivity contribution is -0.385. The number of nitro groups is 1. The molecule has 39 heavy (non-hydrogen) atoms. The maximum atomic E-state index is 13.8. The van der Waals surface area contributed by atoms with E-state index in [9.17, 15) is 28.1 Å². The fourth-order valence-electron chi connectivity index (χ4n) is 4.21. The SMILES string of the molecule is COc1ccc(Cl)cc1N(CC(=O)Nc1ccc(N2CCCC2=O)cc1)S(=O)(=O)c1ccc(C)c([N+](=O)[O-])c1. The molecular formula is C26H25ClN4O7S. The number of amides is 2. The number of methoxy groups -OCH3 is 1. The Bertz CT molecular complexity index is 1540. The highest BCUT2D eigenvalue weighted by atomic mass is 35.5. The lowest BCUT2D eigenvalue weighted by Crippen LogP contribution is -2.38. The first kappa shape index (κ1) is 27.9. The molecule has 4 rings (SSSR count). The van der Waals surface area contributed by atoms with Gasteiger partial charge in [0.15, 0.2) is 0 Å². The predicted octanol–water partition coefficient (Wildman–Crippen LogP) is 4.53. The van der Waals surface area contributed by atoms with Gasteiger partial charge in [0.05, 0.1) is 22.6 Å². The number of nitrogens with one attached hydrogen (secondary N) is 1. The molecule has 0 aliphatic carbocycles. The van der Waals surface area contributed by atoms with Gasteiger partial charge in [0.2, 0.25) is 11.8 Å². The van der Waals surface area contributed by atoms with Crippen LogP contribution in [0.2, 0.25) is 5.02 Å². The maximum Gasteiger partial charge on any atom is 0.273 e. The summed E-state index contributed by atoms with van der Waals surface area (Å²) >= 11 is 6.15. The van der Waals surface area contributed by atoms with Crippen LogP contribution in [-0.2, 0) is 19.6 Å². The number of hydrogen-bond acceptors (Lipinski definition) is 7. The Labute approximate surface area is 230 Å². The molecule has 0 aromatic heterocycles. The second kappa shape index (κ2) is 11.3. The highest BCUT2D eigenvalue weighted by Crippen LogP contribution is 2.36. The van der Waals surface area contributed by atoms with Crippen LogP contribution < -0.4 is 19.3 Å². The third-order valence-corrected chi connectivity index (χ3v) is 8.19. The summed E-state index contributed by atoms with van der Waals surface area (Å²) < 4.78 is 33.7. The number of benzene rings is 3. The number of rotatable bonds is 9. The summed E-state index contributed by atoms with van der Waals surface area (Å²) in [5, 5.41) is 14.3. The smallest absolute Gasteiger partial charge is 0.273 e. The first-order valence-corrected chi connectivity index (χ1v) is 13.6. The number of halogens is 1. The molecule has 1 N–H and O–H groups in total. The van der Waals surface area contributed by atoms with Gasteiger partial charge in [-0.1, -0.05) is 17.7 Å². The number of aryl methyl sites for hydroxylation is 1. The molecule has 11 nitrogen and oxygen atoms in total. The van der Waals surface area contributed by atoms with E-state index in [0.29, 0.717) is 24.3 Å². The second-order valence-corrected chi connectivity index (χ2v) is 11.1. The molecule has 204 valence electrons.